The first-order valence-corrected chi connectivity index (χ1v) is 6.43. The molecule has 1 saturated carbocycles. The summed E-state index contributed by atoms with van der Waals surface area (Å²) in [5.74, 6) is -6.75. The second kappa shape index (κ2) is 6.03. The van der Waals surface area contributed by atoms with Crippen LogP contribution in [0.15, 0.2) is 42.5 Å². The zero-order valence-electron chi connectivity index (χ0n) is 11.4. The molecule has 1 aromatic rings. The minimum absolute atomic E-state index is 0.00201. The molecule has 112 valence electrons. The number of methoxy groups -OCH3 is 1. The average Bonchev–Trinajstić information content (AvgIpc) is 3.06. The normalized spacial score (nSPS) is 22.8. The summed E-state index contributed by atoms with van der Waals surface area (Å²) in [6.45, 7) is 0.00201. The number of rotatable bonds is 5. The van der Waals surface area contributed by atoms with Crippen molar-refractivity contribution in [2.24, 2.45) is 5.92 Å². The van der Waals surface area contributed by atoms with Crippen LogP contribution in [0, 0.1) is 5.92 Å². The molecule has 0 bridgehead atoms. The minimum Gasteiger partial charge on any atom is -0.466 e. The van der Waals surface area contributed by atoms with Crippen molar-refractivity contribution in [2.75, 3.05) is 13.7 Å². The topological polar surface area (TPSA) is 55.4 Å². The molecular formula is C15H15F2NO3. The quantitative estimate of drug-likeness (QED) is 0.666. The Morgan fingerprint density at radius 2 is 2.00 bits per heavy atom. The van der Waals surface area contributed by atoms with Gasteiger partial charge in [-0.25, -0.2) is 13.6 Å². The monoisotopic (exact) mass is 295 g/mol. The van der Waals surface area contributed by atoms with Crippen molar-refractivity contribution in [2.45, 2.75) is 11.8 Å². The van der Waals surface area contributed by atoms with Crippen LogP contribution in [0.2, 0.25) is 0 Å². The van der Waals surface area contributed by atoms with Gasteiger partial charge in [0.15, 0.2) is 0 Å². The van der Waals surface area contributed by atoms with E-state index in [2.05, 4.69) is 10.1 Å². The lowest BCUT2D eigenvalue weighted by molar-refractivity contribution is -0.135. The Bertz CT molecular complexity index is 557. The molecule has 4 nitrogen and oxygen atoms in total. The number of ether oxygens (including phenoxy) is 1. The van der Waals surface area contributed by atoms with Crippen LogP contribution in [0.1, 0.15) is 11.5 Å². The van der Waals surface area contributed by atoms with E-state index in [9.17, 15) is 18.4 Å². The van der Waals surface area contributed by atoms with Crippen LogP contribution in [0.25, 0.3) is 0 Å². The highest BCUT2D eigenvalue weighted by atomic mass is 19.3. The Morgan fingerprint density at radius 1 is 1.33 bits per heavy atom. The lowest BCUT2D eigenvalue weighted by atomic mass is 10.1. The molecule has 0 heterocycles. The Labute approximate surface area is 120 Å². The maximum Gasteiger partial charge on any atom is 0.330 e. The molecule has 0 aromatic heterocycles. The smallest absolute Gasteiger partial charge is 0.330 e. The van der Waals surface area contributed by atoms with Crippen molar-refractivity contribution in [1.29, 1.82) is 0 Å². The number of hydrogen-bond acceptors (Lipinski definition) is 3. The van der Waals surface area contributed by atoms with E-state index in [4.69, 9.17) is 0 Å². The number of hydrogen-bond donors (Lipinski definition) is 1. The Balaban J connectivity index is 1.92. The second-order valence-corrected chi connectivity index (χ2v) is 4.71. The summed E-state index contributed by atoms with van der Waals surface area (Å²) in [5, 5.41) is 2.37. The number of amides is 1. The van der Waals surface area contributed by atoms with Crippen LogP contribution < -0.4 is 5.32 Å². The number of benzene rings is 1. The van der Waals surface area contributed by atoms with Crippen LogP contribution in [0.5, 0.6) is 0 Å². The molecule has 0 aliphatic heterocycles. The lowest BCUT2D eigenvalue weighted by Crippen LogP contribution is -2.27. The van der Waals surface area contributed by atoms with Crippen molar-refractivity contribution in [3.8, 4) is 0 Å². The lowest BCUT2D eigenvalue weighted by Gasteiger charge is -2.00. The Kier molecular flexibility index (Phi) is 4.35. The summed E-state index contributed by atoms with van der Waals surface area (Å²) in [6.07, 6.45) is 2.47. The Morgan fingerprint density at radius 3 is 2.62 bits per heavy atom. The van der Waals surface area contributed by atoms with E-state index in [1.807, 2.05) is 0 Å². The van der Waals surface area contributed by atoms with E-state index in [-0.39, 0.29) is 6.54 Å². The van der Waals surface area contributed by atoms with Gasteiger partial charge in [0.1, 0.15) is 5.92 Å². The highest BCUT2D eigenvalue weighted by Crippen LogP contribution is 2.61. The van der Waals surface area contributed by atoms with Crippen LogP contribution in [0.3, 0.4) is 0 Å². The van der Waals surface area contributed by atoms with Gasteiger partial charge in [-0.15, -0.1) is 0 Å². The number of halogens is 2. The molecular weight excluding hydrogens is 280 g/mol. The van der Waals surface area contributed by atoms with Crippen molar-refractivity contribution < 1.29 is 23.1 Å². The molecule has 0 unspecified atom stereocenters. The summed E-state index contributed by atoms with van der Waals surface area (Å²) in [7, 11) is 1.22. The molecule has 1 fully saturated rings. The van der Waals surface area contributed by atoms with Crippen LogP contribution in [0.4, 0.5) is 8.78 Å². The van der Waals surface area contributed by atoms with Gasteiger partial charge in [-0.05, 0) is 5.56 Å². The summed E-state index contributed by atoms with van der Waals surface area (Å²) < 4.78 is 31.8. The van der Waals surface area contributed by atoms with E-state index >= 15 is 0 Å². The largest absolute Gasteiger partial charge is 0.466 e. The third-order valence-electron chi connectivity index (χ3n) is 3.34. The fourth-order valence-electron chi connectivity index (χ4n) is 2.22. The predicted octanol–water partition coefficient (Wildman–Crippen LogP) is 1.88. The van der Waals surface area contributed by atoms with Crippen molar-refractivity contribution >= 4 is 11.9 Å². The van der Waals surface area contributed by atoms with Gasteiger partial charge < -0.3 is 10.1 Å². The number of esters is 1. The fraction of sp³-hybridized carbons (Fsp3) is 0.333. The molecule has 1 N–H and O–H groups in total. The molecule has 6 heteroatoms. The van der Waals surface area contributed by atoms with Crippen molar-refractivity contribution in [3.63, 3.8) is 0 Å². The van der Waals surface area contributed by atoms with Gasteiger partial charge in [-0.3, -0.25) is 4.79 Å². The Hall–Kier alpha value is -2.24. The van der Waals surface area contributed by atoms with Gasteiger partial charge in [0.2, 0.25) is 5.91 Å². The highest BCUT2D eigenvalue weighted by molar-refractivity contribution is 5.85. The first-order chi connectivity index (χ1) is 9.98. The average molecular weight is 295 g/mol. The summed E-state index contributed by atoms with van der Waals surface area (Å²) in [5.41, 5.74) is 0.452. The maximum absolute atomic E-state index is 13.7. The number of alkyl halides is 2. The minimum atomic E-state index is -3.03. The zero-order valence-corrected chi connectivity index (χ0v) is 11.4. The third kappa shape index (κ3) is 3.26. The van der Waals surface area contributed by atoms with Crippen LogP contribution in [-0.4, -0.2) is 31.5 Å². The van der Waals surface area contributed by atoms with Gasteiger partial charge in [0.25, 0.3) is 5.92 Å². The molecule has 0 radical (unpaired) electrons. The number of carbonyl (C=O) groups excluding carboxylic acids is 2. The SMILES string of the molecule is COC(=O)/C=C/CNC(=O)[C@@H]1[C@@H](c2ccccc2)C1(F)F. The summed E-state index contributed by atoms with van der Waals surface area (Å²) in [4.78, 5) is 22.6. The zero-order chi connectivity index (χ0) is 15.5. The molecule has 0 saturated heterocycles. The van der Waals surface area contributed by atoms with Gasteiger partial charge >= 0.3 is 5.97 Å². The molecule has 0 spiro atoms. The van der Waals surface area contributed by atoms with Crippen LogP contribution >= 0.6 is 0 Å². The molecule has 21 heavy (non-hydrogen) atoms. The molecule has 1 aromatic carbocycles. The first kappa shape index (κ1) is 15.2. The molecule has 1 aliphatic carbocycles. The van der Waals surface area contributed by atoms with Gasteiger partial charge in [-0.2, -0.15) is 0 Å². The van der Waals surface area contributed by atoms with Gasteiger partial charge in [0.05, 0.1) is 13.0 Å². The van der Waals surface area contributed by atoms with Gasteiger partial charge in [-0.1, -0.05) is 36.4 Å². The summed E-state index contributed by atoms with van der Waals surface area (Å²) >= 11 is 0. The molecule has 2 rings (SSSR count). The van der Waals surface area contributed by atoms with E-state index in [0.717, 1.165) is 6.08 Å². The van der Waals surface area contributed by atoms with E-state index < -0.39 is 29.6 Å². The molecule has 1 aliphatic rings. The maximum atomic E-state index is 13.7. The van der Waals surface area contributed by atoms with Crippen molar-refractivity contribution in [3.05, 3.63) is 48.0 Å². The first-order valence-electron chi connectivity index (χ1n) is 6.43. The molecule has 1 amide bonds. The van der Waals surface area contributed by atoms with Crippen molar-refractivity contribution in [1.82, 2.24) is 5.32 Å². The number of nitrogens with one attached hydrogen (secondary N) is 1. The van der Waals surface area contributed by atoms with Gasteiger partial charge in [0, 0.05) is 12.6 Å². The van der Waals surface area contributed by atoms with E-state index in [1.54, 1.807) is 30.3 Å². The molecule has 2 atom stereocenters. The second-order valence-electron chi connectivity index (χ2n) is 4.71. The van der Waals surface area contributed by atoms with E-state index in [0.29, 0.717) is 5.56 Å². The standard InChI is InChI=1S/C15H15F2NO3/c1-21-11(19)8-5-9-18-14(20)13-12(15(13,16)17)10-6-3-2-4-7-10/h2-8,12-13H,9H2,1H3,(H,18,20)/b8-5+/t12-,13+/m1/s1. The number of carbonyl (C=O) groups is 2. The highest BCUT2D eigenvalue weighted by Gasteiger charge is 2.72. The third-order valence-corrected chi connectivity index (χ3v) is 3.34. The van der Waals surface area contributed by atoms with Crippen LogP contribution in [-0.2, 0) is 14.3 Å². The van der Waals surface area contributed by atoms with E-state index in [1.165, 1.54) is 13.2 Å². The predicted molar refractivity (Wildman–Crippen MR) is 71.8 cm³/mol. The summed E-state index contributed by atoms with van der Waals surface area (Å²) in [6, 6.07) is 8.23. The fourth-order valence-corrected chi connectivity index (χ4v) is 2.22.